The molecule has 2 atom stereocenters. The van der Waals surface area contributed by atoms with Crippen molar-refractivity contribution in [2.24, 2.45) is 0 Å². The molecule has 2 saturated heterocycles. The molecule has 0 radical (unpaired) electrons. The Labute approximate surface area is 229 Å². The maximum atomic E-state index is 13.9. The fraction of sp³-hybridized carbons (Fsp3) is 0.323. The minimum absolute atomic E-state index is 0.121. The van der Waals surface area contributed by atoms with Crippen molar-refractivity contribution in [3.63, 3.8) is 0 Å². The predicted octanol–water partition coefficient (Wildman–Crippen LogP) is 4.01. The van der Waals surface area contributed by atoms with Crippen LogP contribution in [0.2, 0.25) is 0 Å². The van der Waals surface area contributed by atoms with Gasteiger partial charge in [0.25, 0.3) is 0 Å². The summed E-state index contributed by atoms with van der Waals surface area (Å²) in [6, 6.07) is 23.9. The van der Waals surface area contributed by atoms with E-state index in [9.17, 15) is 14.4 Å². The number of aryl methyl sites for hydroxylation is 1. The van der Waals surface area contributed by atoms with Gasteiger partial charge in [-0.1, -0.05) is 72.3 Å². The predicted molar refractivity (Wildman–Crippen MR) is 149 cm³/mol. The van der Waals surface area contributed by atoms with E-state index < -0.39 is 18.2 Å². The van der Waals surface area contributed by atoms with E-state index in [-0.39, 0.29) is 24.8 Å². The summed E-state index contributed by atoms with van der Waals surface area (Å²) < 4.78 is 5.87. The molecule has 39 heavy (non-hydrogen) atoms. The van der Waals surface area contributed by atoms with E-state index >= 15 is 0 Å². The molecule has 2 fully saturated rings. The molecular weight excluding hydrogens is 492 g/mol. The van der Waals surface area contributed by atoms with Gasteiger partial charge in [0.05, 0.1) is 13.0 Å². The molecule has 8 nitrogen and oxygen atoms in total. The van der Waals surface area contributed by atoms with Crippen molar-refractivity contribution in [2.45, 2.75) is 32.0 Å². The van der Waals surface area contributed by atoms with Crippen molar-refractivity contribution < 1.29 is 19.1 Å². The van der Waals surface area contributed by atoms with Gasteiger partial charge in [-0.05, 0) is 42.8 Å². The molecule has 2 heterocycles. The Morgan fingerprint density at radius 3 is 2.33 bits per heavy atom. The molecule has 2 unspecified atom stereocenters. The number of hydrogen-bond donors (Lipinski definition) is 1. The number of piperazine rings is 1. The van der Waals surface area contributed by atoms with Crippen molar-refractivity contribution >= 4 is 23.6 Å². The smallest absolute Gasteiger partial charge is 0.411 e. The first kappa shape index (κ1) is 26.4. The van der Waals surface area contributed by atoms with E-state index in [4.69, 9.17) is 4.74 Å². The third-order valence-electron chi connectivity index (χ3n) is 7.33. The molecular formula is C31H34N4O4. The van der Waals surface area contributed by atoms with E-state index in [0.29, 0.717) is 24.3 Å². The number of cyclic esters (lactones) is 1. The first-order valence-electron chi connectivity index (χ1n) is 13.3. The Bertz CT molecular complexity index is 1320. The van der Waals surface area contributed by atoms with E-state index in [1.807, 2.05) is 79.5 Å². The topological polar surface area (TPSA) is 82.2 Å². The molecule has 0 saturated carbocycles. The van der Waals surface area contributed by atoms with Crippen molar-refractivity contribution in [2.75, 3.05) is 38.5 Å². The highest BCUT2D eigenvalue weighted by atomic mass is 16.6. The molecule has 8 heteroatoms. The highest BCUT2D eigenvalue weighted by Gasteiger charge is 2.48. The van der Waals surface area contributed by atoms with E-state index in [0.717, 1.165) is 29.8 Å². The fourth-order valence-electron chi connectivity index (χ4n) is 5.08. The molecule has 0 spiro atoms. The molecule has 3 aromatic rings. The van der Waals surface area contributed by atoms with Gasteiger partial charge >= 0.3 is 6.09 Å². The summed E-state index contributed by atoms with van der Waals surface area (Å²) in [6.45, 7) is 5.03. The van der Waals surface area contributed by atoms with Crippen LogP contribution in [0.3, 0.4) is 0 Å². The van der Waals surface area contributed by atoms with Crippen LogP contribution in [0.15, 0.2) is 78.9 Å². The maximum absolute atomic E-state index is 13.9. The van der Waals surface area contributed by atoms with Crippen LogP contribution in [0, 0.1) is 6.92 Å². The highest BCUT2D eigenvalue weighted by molar-refractivity contribution is 5.92. The number of nitrogens with zero attached hydrogens (tertiary/aromatic N) is 3. The van der Waals surface area contributed by atoms with E-state index in [1.165, 1.54) is 4.90 Å². The van der Waals surface area contributed by atoms with E-state index in [2.05, 4.69) is 10.2 Å². The molecule has 1 N–H and O–H groups in total. The molecule has 3 amide bonds. The van der Waals surface area contributed by atoms with Crippen LogP contribution >= 0.6 is 0 Å². The molecule has 0 aliphatic carbocycles. The third kappa shape index (κ3) is 6.29. The summed E-state index contributed by atoms with van der Waals surface area (Å²) in [5.74, 6) is -0.266. The summed E-state index contributed by atoms with van der Waals surface area (Å²) in [5.41, 5.74) is 4.22. The fourth-order valence-corrected chi connectivity index (χ4v) is 5.08. The molecule has 5 rings (SSSR count). The zero-order valence-electron chi connectivity index (χ0n) is 22.4. The minimum atomic E-state index is -0.808. The lowest BCUT2D eigenvalue weighted by Crippen LogP contribution is -2.54. The number of hydrogen-bond acceptors (Lipinski definition) is 5. The second-order valence-corrected chi connectivity index (χ2v) is 10.3. The number of likely N-dealkylation sites (N-methyl/N-ethyl adjacent to an activating group) is 1. The number of amides is 3. The van der Waals surface area contributed by atoms with Crippen LogP contribution in [0.5, 0.6) is 0 Å². The molecule has 0 aromatic heterocycles. The summed E-state index contributed by atoms with van der Waals surface area (Å²) in [7, 11) is 2.04. The average Bonchev–Trinajstić information content (AvgIpc) is 3.26. The summed E-state index contributed by atoms with van der Waals surface area (Å²) in [5, 5.41) is 2.94. The highest BCUT2D eigenvalue weighted by Crippen LogP contribution is 2.36. The number of benzene rings is 3. The number of anilines is 1. The average molecular weight is 527 g/mol. The first-order valence-corrected chi connectivity index (χ1v) is 13.3. The molecule has 3 aromatic carbocycles. The second kappa shape index (κ2) is 11.7. The summed E-state index contributed by atoms with van der Waals surface area (Å²) in [4.78, 5) is 45.4. The van der Waals surface area contributed by atoms with Crippen LogP contribution < -0.4 is 5.32 Å². The largest absolute Gasteiger partial charge is 0.438 e. The zero-order valence-corrected chi connectivity index (χ0v) is 22.4. The van der Waals surface area contributed by atoms with Crippen molar-refractivity contribution in [1.82, 2.24) is 14.7 Å². The maximum Gasteiger partial charge on any atom is 0.411 e. The van der Waals surface area contributed by atoms with Crippen molar-refractivity contribution in [3.05, 3.63) is 101 Å². The first-order chi connectivity index (χ1) is 18.9. The van der Waals surface area contributed by atoms with E-state index in [1.54, 1.807) is 18.2 Å². The van der Waals surface area contributed by atoms with Gasteiger partial charge in [0.15, 0.2) is 12.1 Å². The van der Waals surface area contributed by atoms with Crippen molar-refractivity contribution in [3.8, 4) is 0 Å². The standard InChI is InChI=1S/C31H34N4O4/c1-22-11-13-24(14-12-22)21-35-28(30(37)34-17-15-33(2)16-18-34)29(39-31(35)38)25-9-6-10-26(20-25)32-27(36)19-23-7-4-3-5-8-23/h3-14,20,28-29H,15-19,21H2,1-2H3,(H,32,36). The SMILES string of the molecule is Cc1ccc(CN2C(=O)OC(c3cccc(NC(=O)Cc4ccccc4)c3)C2C(=O)N2CCN(C)CC2)cc1. The van der Waals surface area contributed by atoms with Gasteiger partial charge in [-0.25, -0.2) is 4.79 Å². The lowest BCUT2D eigenvalue weighted by atomic mass is 9.99. The number of nitrogens with one attached hydrogen (secondary N) is 1. The Morgan fingerprint density at radius 1 is 0.897 bits per heavy atom. The third-order valence-corrected chi connectivity index (χ3v) is 7.33. The van der Waals surface area contributed by atoms with Crippen LogP contribution in [0.4, 0.5) is 10.5 Å². The molecule has 2 aliphatic rings. The lowest BCUT2D eigenvalue weighted by Gasteiger charge is -2.36. The van der Waals surface area contributed by atoms with Gasteiger partial charge in [0, 0.05) is 31.9 Å². The summed E-state index contributed by atoms with van der Waals surface area (Å²) >= 11 is 0. The number of rotatable bonds is 7. The van der Waals surface area contributed by atoms with Gasteiger partial charge in [-0.2, -0.15) is 0 Å². The van der Waals surface area contributed by atoms with Crippen LogP contribution in [-0.4, -0.2) is 71.9 Å². The minimum Gasteiger partial charge on any atom is -0.438 e. The summed E-state index contributed by atoms with van der Waals surface area (Å²) in [6.07, 6.45) is -1.06. The van der Waals surface area contributed by atoms with Gasteiger partial charge in [-0.3, -0.25) is 14.5 Å². The van der Waals surface area contributed by atoms with Gasteiger partial charge < -0.3 is 19.9 Å². The van der Waals surface area contributed by atoms with Crippen LogP contribution in [-0.2, 0) is 27.3 Å². The Kier molecular flexibility index (Phi) is 7.93. The number of carbonyl (C=O) groups is 3. The number of ether oxygens (including phenoxy) is 1. The second-order valence-electron chi connectivity index (χ2n) is 10.3. The monoisotopic (exact) mass is 526 g/mol. The molecule has 2 aliphatic heterocycles. The molecule has 0 bridgehead atoms. The number of carbonyl (C=O) groups excluding carboxylic acids is 3. The Hall–Kier alpha value is -4.17. The van der Waals surface area contributed by atoms with Crippen molar-refractivity contribution in [1.29, 1.82) is 0 Å². The molecule has 202 valence electrons. The van der Waals surface area contributed by atoms with Crippen LogP contribution in [0.25, 0.3) is 0 Å². The lowest BCUT2D eigenvalue weighted by molar-refractivity contribution is -0.138. The Balaban J connectivity index is 1.39. The van der Waals surface area contributed by atoms with Crippen LogP contribution in [0.1, 0.15) is 28.4 Å². The quantitative estimate of drug-likeness (QED) is 0.503. The zero-order chi connectivity index (χ0) is 27.4. The van der Waals surface area contributed by atoms with Gasteiger partial charge in [0.2, 0.25) is 11.8 Å². The van der Waals surface area contributed by atoms with Gasteiger partial charge in [-0.15, -0.1) is 0 Å². The Morgan fingerprint density at radius 2 is 1.62 bits per heavy atom. The normalized spacial score (nSPS) is 19.6. The van der Waals surface area contributed by atoms with Gasteiger partial charge in [0.1, 0.15) is 0 Å².